The van der Waals surface area contributed by atoms with Crippen LogP contribution in [-0.2, 0) is 26.9 Å². The van der Waals surface area contributed by atoms with Crippen molar-refractivity contribution in [3.63, 3.8) is 0 Å². The Labute approximate surface area is 159 Å². The van der Waals surface area contributed by atoms with Gasteiger partial charge in [-0.1, -0.05) is 49.4 Å². The molecule has 0 fully saturated rings. The molecule has 0 radical (unpaired) electrons. The van der Waals surface area contributed by atoms with Gasteiger partial charge in [-0.25, -0.2) is 9.59 Å². The summed E-state index contributed by atoms with van der Waals surface area (Å²) in [6, 6.07) is 14.9. The monoisotopic (exact) mass is 388 g/mol. The van der Waals surface area contributed by atoms with Gasteiger partial charge in [0.2, 0.25) is 0 Å². The van der Waals surface area contributed by atoms with Crippen LogP contribution in [0.25, 0.3) is 0 Å². The van der Waals surface area contributed by atoms with Crippen molar-refractivity contribution in [1.82, 2.24) is 10.6 Å². The normalized spacial score (nSPS) is 11.3. The molecule has 0 saturated carbocycles. The highest BCUT2D eigenvalue weighted by Gasteiger charge is 2.17. The number of carbonyl (C=O) groups excluding carboxylic acids is 3. The van der Waals surface area contributed by atoms with Crippen LogP contribution in [0.2, 0.25) is 0 Å². The number of nitrogens with one attached hydrogen (secondary N) is 2. The fourth-order valence-electron chi connectivity index (χ4n) is 2.18. The molecule has 8 heteroatoms. The summed E-state index contributed by atoms with van der Waals surface area (Å²) in [5.74, 6) is -1.18. The average Bonchev–Trinajstić information content (AvgIpc) is 2.70. The first-order chi connectivity index (χ1) is 13.0. The van der Waals surface area contributed by atoms with E-state index >= 15 is 0 Å². The minimum absolute atomic E-state index is 0.138. The highest BCUT2D eigenvalue weighted by molar-refractivity contribution is 7.85. The topological polar surface area (TPSA) is 102 Å². The Bertz CT molecular complexity index is 839. The van der Waals surface area contributed by atoms with Gasteiger partial charge in [-0.2, -0.15) is 0 Å². The van der Waals surface area contributed by atoms with Crippen molar-refractivity contribution >= 4 is 28.7 Å². The largest absolute Gasteiger partial charge is 0.452 e. The van der Waals surface area contributed by atoms with Gasteiger partial charge in [0.15, 0.2) is 6.61 Å². The smallest absolute Gasteiger partial charge is 0.339 e. The highest BCUT2D eigenvalue weighted by atomic mass is 32.2. The maximum absolute atomic E-state index is 12.1. The molecule has 2 N–H and O–H groups in total. The lowest BCUT2D eigenvalue weighted by Crippen LogP contribution is -2.41. The molecule has 2 rings (SSSR count). The van der Waals surface area contributed by atoms with E-state index in [4.69, 9.17) is 4.74 Å². The number of ether oxygens (including phenoxy) is 1. The van der Waals surface area contributed by atoms with E-state index in [1.165, 1.54) is 6.07 Å². The molecule has 27 heavy (non-hydrogen) atoms. The lowest BCUT2D eigenvalue weighted by molar-refractivity contribution is -0.123. The molecule has 0 saturated heterocycles. The van der Waals surface area contributed by atoms with E-state index in [0.717, 1.165) is 5.56 Å². The van der Waals surface area contributed by atoms with Crippen LogP contribution in [0, 0.1) is 0 Å². The van der Waals surface area contributed by atoms with Crippen LogP contribution in [0.3, 0.4) is 0 Å². The molecule has 0 unspecified atom stereocenters. The third-order valence-electron chi connectivity index (χ3n) is 3.50. The molecule has 0 aliphatic rings. The number of hydrogen-bond donors (Lipinski definition) is 2. The third-order valence-corrected chi connectivity index (χ3v) is 4.87. The second-order valence-corrected chi connectivity index (χ2v) is 7.13. The minimum Gasteiger partial charge on any atom is -0.452 e. The standard InChI is InChI=1S/C19H20N2O5S/c1-2-27(25)16-11-7-6-10-15(16)18(23)26-13-17(22)21-19(24)20-12-14-8-4-3-5-9-14/h3-11H,2,12-13H2,1H3,(H2,20,21,22,24)/t27-/m1/s1. The van der Waals surface area contributed by atoms with Crippen LogP contribution in [0.5, 0.6) is 0 Å². The lowest BCUT2D eigenvalue weighted by atomic mass is 10.2. The second-order valence-electron chi connectivity index (χ2n) is 5.42. The predicted octanol–water partition coefficient (Wildman–Crippen LogP) is 2.00. The van der Waals surface area contributed by atoms with Gasteiger partial charge in [0.1, 0.15) is 0 Å². The molecule has 0 aromatic heterocycles. The van der Waals surface area contributed by atoms with Gasteiger partial charge in [-0.3, -0.25) is 14.3 Å². The number of amides is 3. The fourth-order valence-corrected chi connectivity index (χ4v) is 3.12. The molecule has 0 bridgehead atoms. The summed E-state index contributed by atoms with van der Waals surface area (Å²) >= 11 is 0. The quantitative estimate of drug-likeness (QED) is 0.707. The van der Waals surface area contributed by atoms with Gasteiger partial charge in [0.25, 0.3) is 5.91 Å². The number of benzene rings is 2. The summed E-state index contributed by atoms with van der Waals surface area (Å²) < 4.78 is 16.9. The van der Waals surface area contributed by atoms with Gasteiger partial charge in [-0.05, 0) is 17.7 Å². The van der Waals surface area contributed by atoms with Gasteiger partial charge in [0, 0.05) is 12.3 Å². The number of imide groups is 1. The molecular formula is C19H20N2O5S. The van der Waals surface area contributed by atoms with E-state index in [-0.39, 0.29) is 12.1 Å². The summed E-state index contributed by atoms with van der Waals surface area (Å²) in [6.07, 6.45) is 0. The van der Waals surface area contributed by atoms with Crippen LogP contribution in [0.4, 0.5) is 4.79 Å². The first-order valence-electron chi connectivity index (χ1n) is 8.27. The minimum atomic E-state index is -1.33. The van der Waals surface area contributed by atoms with Crippen molar-refractivity contribution in [2.75, 3.05) is 12.4 Å². The van der Waals surface area contributed by atoms with Crippen molar-refractivity contribution < 1.29 is 23.3 Å². The first kappa shape index (κ1) is 20.3. The Balaban J connectivity index is 1.82. The van der Waals surface area contributed by atoms with E-state index in [9.17, 15) is 18.6 Å². The summed E-state index contributed by atoms with van der Waals surface area (Å²) in [4.78, 5) is 36.0. The van der Waals surface area contributed by atoms with Gasteiger partial charge >= 0.3 is 12.0 Å². The summed E-state index contributed by atoms with van der Waals surface area (Å²) in [5, 5.41) is 4.61. The zero-order chi connectivity index (χ0) is 19.6. The van der Waals surface area contributed by atoms with Crippen molar-refractivity contribution in [2.45, 2.75) is 18.4 Å². The Morgan fingerprint density at radius 1 is 1.00 bits per heavy atom. The fraction of sp³-hybridized carbons (Fsp3) is 0.211. The molecule has 1 atom stereocenters. The molecule has 0 spiro atoms. The van der Waals surface area contributed by atoms with E-state index < -0.39 is 35.3 Å². The Morgan fingerprint density at radius 2 is 1.67 bits per heavy atom. The van der Waals surface area contributed by atoms with Crippen molar-refractivity contribution in [3.05, 3.63) is 65.7 Å². The predicted molar refractivity (Wildman–Crippen MR) is 100 cm³/mol. The zero-order valence-electron chi connectivity index (χ0n) is 14.8. The SMILES string of the molecule is CC[S@@](=O)c1ccccc1C(=O)OCC(=O)NC(=O)NCc1ccccc1. The van der Waals surface area contributed by atoms with Crippen LogP contribution in [0.15, 0.2) is 59.5 Å². The van der Waals surface area contributed by atoms with Crippen molar-refractivity contribution in [1.29, 1.82) is 0 Å². The Morgan fingerprint density at radius 3 is 2.37 bits per heavy atom. The molecule has 7 nitrogen and oxygen atoms in total. The van der Waals surface area contributed by atoms with Crippen molar-refractivity contribution in [3.8, 4) is 0 Å². The Kier molecular flexibility index (Phi) is 7.69. The molecule has 2 aromatic carbocycles. The first-order valence-corrected chi connectivity index (χ1v) is 9.59. The number of esters is 1. The molecule has 0 heterocycles. The lowest BCUT2D eigenvalue weighted by Gasteiger charge is -2.09. The molecule has 142 valence electrons. The van der Waals surface area contributed by atoms with E-state index in [0.29, 0.717) is 10.6 Å². The molecule has 0 aliphatic carbocycles. The van der Waals surface area contributed by atoms with Gasteiger partial charge < -0.3 is 10.1 Å². The average molecular weight is 388 g/mol. The van der Waals surface area contributed by atoms with Crippen LogP contribution in [0.1, 0.15) is 22.8 Å². The van der Waals surface area contributed by atoms with E-state index in [1.54, 1.807) is 25.1 Å². The Hall–Kier alpha value is -3.00. The zero-order valence-corrected chi connectivity index (χ0v) is 15.6. The third kappa shape index (κ3) is 6.34. The van der Waals surface area contributed by atoms with Crippen molar-refractivity contribution in [2.24, 2.45) is 0 Å². The second kappa shape index (κ2) is 10.2. The highest BCUT2D eigenvalue weighted by Crippen LogP contribution is 2.15. The summed E-state index contributed by atoms with van der Waals surface area (Å²) in [6.45, 7) is 1.38. The van der Waals surface area contributed by atoms with E-state index in [2.05, 4.69) is 10.6 Å². The van der Waals surface area contributed by atoms with Crippen LogP contribution in [-0.4, -0.2) is 34.5 Å². The molecule has 2 aromatic rings. The number of hydrogen-bond acceptors (Lipinski definition) is 5. The number of rotatable bonds is 7. The maximum atomic E-state index is 12.1. The summed E-state index contributed by atoms with van der Waals surface area (Å²) in [5.41, 5.74) is 1.02. The van der Waals surface area contributed by atoms with E-state index in [1.807, 2.05) is 30.3 Å². The summed E-state index contributed by atoms with van der Waals surface area (Å²) in [7, 11) is -1.33. The molecule has 3 amide bonds. The van der Waals surface area contributed by atoms with Gasteiger partial charge in [-0.15, -0.1) is 0 Å². The van der Waals surface area contributed by atoms with Gasteiger partial charge in [0.05, 0.1) is 21.3 Å². The van der Waals surface area contributed by atoms with Crippen LogP contribution >= 0.6 is 0 Å². The maximum Gasteiger partial charge on any atom is 0.339 e. The molecule has 0 aliphatic heterocycles. The number of carbonyl (C=O) groups is 3. The number of urea groups is 1. The molecular weight excluding hydrogens is 368 g/mol. The van der Waals surface area contributed by atoms with Crippen LogP contribution < -0.4 is 10.6 Å².